The van der Waals surface area contributed by atoms with Gasteiger partial charge in [-0.2, -0.15) is 0 Å². The first kappa shape index (κ1) is 15.7. The number of sulfonamides is 1. The van der Waals surface area contributed by atoms with Gasteiger partial charge in [0.05, 0.1) is 18.4 Å². The average Bonchev–Trinajstić information content (AvgIpc) is 2.52. The van der Waals surface area contributed by atoms with Crippen LogP contribution < -0.4 is 4.72 Å². The molecule has 0 spiro atoms. The van der Waals surface area contributed by atoms with E-state index in [1.807, 2.05) is 60.7 Å². The zero-order chi connectivity index (χ0) is 15.1. The smallest absolute Gasteiger partial charge is 0.214 e. The van der Waals surface area contributed by atoms with Crippen LogP contribution in [0.25, 0.3) is 0 Å². The Kier molecular flexibility index (Phi) is 5.50. The summed E-state index contributed by atoms with van der Waals surface area (Å²) in [5.74, 6) is -0.0559. The Morgan fingerprint density at radius 3 is 1.86 bits per heavy atom. The number of benzene rings is 2. The van der Waals surface area contributed by atoms with Gasteiger partial charge in [0.25, 0.3) is 0 Å². The summed E-state index contributed by atoms with van der Waals surface area (Å²) in [5.41, 5.74) is 1.81. The highest BCUT2D eigenvalue weighted by atomic mass is 32.2. The highest BCUT2D eigenvalue weighted by Gasteiger charge is 2.20. The van der Waals surface area contributed by atoms with E-state index in [1.54, 1.807) is 0 Å². The van der Waals surface area contributed by atoms with E-state index in [2.05, 4.69) is 4.72 Å². The highest BCUT2D eigenvalue weighted by Crippen LogP contribution is 2.22. The van der Waals surface area contributed by atoms with Crippen LogP contribution in [0.4, 0.5) is 0 Å². The molecule has 0 aliphatic rings. The molecular weight excluding hydrogens is 286 g/mol. The van der Waals surface area contributed by atoms with E-state index >= 15 is 0 Å². The summed E-state index contributed by atoms with van der Waals surface area (Å²) in [6.45, 7) is 0.172. The lowest BCUT2D eigenvalue weighted by Gasteiger charge is -2.19. The van der Waals surface area contributed by atoms with Gasteiger partial charge < -0.3 is 4.74 Å². The largest absolute Gasteiger partial charge is 0.384 e. The summed E-state index contributed by atoms with van der Waals surface area (Å²) in [4.78, 5) is 0. The van der Waals surface area contributed by atoms with Crippen molar-refractivity contribution in [1.29, 1.82) is 0 Å². The minimum absolute atomic E-state index is 0.0559. The minimum atomic E-state index is -3.41. The van der Waals surface area contributed by atoms with E-state index in [0.717, 1.165) is 11.1 Å². The van der Waals surface area contributed by atoms with Crippen molar-refractivity contribution < 1.29 is 13.2 Å². The Labute approximate surface area is 125 Å². The van der Waals surface area contributed by atoms with E-state index < -0.39 is 16.1 Å². The molecule has 0 saturated carbocycles. The van der Waals surface area contributed by atoms with Gasteiger partial charge in [0.2, 0.25) is 10.0 Å². The van der Waals surface area contributed by atoms with Gasteiger partial charge in [0.1, 0.15) is 0 Å². The first-order valence-electron chi connectivity index (χ1n) is 6.71. The monoisotopic (exact) mass is 305 g/mol. The molecule has 112 valence electrons. The number of ether oxygens (including phenoxy) is 1. The lowest BCUT2D eigenvalue weighted by Crippen LogP contribution is -2.32. The molecule has 0 saturated heterocycles. The Morgan fingerprint density at radius 2 is 1.43 bits per heavy atom. The van der Waals surface area contributed by atoms with E-state index in [-0.39, 0.29) is 12.4 Å². The third-order valence-electron chi connectivity index (χ3n) is 3.12. The number of nitrogens with one attached hydrogen (secondary N) is 1. The van der Waals surface area contributed by atoms with Crippen molar-refractivity contribution >= 4 is 10.0 Å². The van der Waals surface area contributed by atoms with Crippen molar-refractivity contribution in [2.45, 2.75) is 6.04 Å². The fourth-order valence-electron chi connectivity index (χ4n) is 2.05. The van der Waals surface area contributed by atoms with Gasteiger partial charge in [0.15, 0.2) is 0 Å². The molecule has 0 amide bonds. The lowest BCUT2D eigenvalue weighted by atomic mass is 10.00. The molecule has 0 aliphatic heterocycles. The Bertz CT molecular complexity index is 602. The third-order valence-corrected chi connectivity index (χ3v) is 4.42. The molecular formula is C16H19NO3S. The predicted octanol–water partition coefficient (Wildman–Crippen LogP) is 2.34. The Balaban J connectivity index is 2.30. The van der Waals surface area contributed by atoms with Crippen molar-refractivity contribution in [2.24, 2.45) is 0 Å². The van der Waals surface area contributed by atoms with Crippen molar-refractivity contribution in [3.63, 3.8) is 0 Å². The van der Waals surface area contributed by atoms with Crippen LogP contribution >= 0.6 is 0 Å². The summed E-state index contributed by atoms with van der Waals surface area (Å²) < 4.78 is 31.9. The second kappa shape index (κ2) is 7.36. The third kappa shape index (κ3) is 4.67. The van der Waals surface area contributed by atoms with Gasteiger partial charge in [-0.05, 0) is 11.1 Å². The van der Waals surface area contributed by atoms with Gasteiger partial charge in [-0.25, -0.2) is 13.1 Å². The van der Waals surface area contributed by atoms with E-state index in [9.17, 15) is 8.42 Å². The first-order valence-corrected chi connectivity index (χ1v) is 8.36. The number of hydrogen-bond acceptors (Lipinski definition) is 3. The van der Waals surface area contributed by atoms with Gasteiger partial charge in [-0.1, -0.05) is 60.7 Å². The van der Waals surface area contributed by atoms with Gasteiger partial charge in [-0.3, -0.25) is 0 Å². The molecule has 0 bridgehead atoms. The topological polar surface area (TPSA) is 55.4 Å². The van der Waals surface area contributed by atoms with Gasteiger partial charge in [0, 0.05) is 7.11 Å². The van der Waals surface area contributed by atoms with E-state index in [1.165, 1.54) is 7.11 Å². The molecule has 0 heterocycles. The summed E-state index contributed by atoms with van der Waals surface area (Å²) in [7, 11) is -1.93. The van der Waals surface area contributed by atoms with Crippen LogP contribution in [0.1, 0.15) is 17.2 Å². The second-order valence-corrected chi connectivity index (χ2v) is 6.56. The number of rotatable bonds is 7. The zero-order valence-electron chi connectivity index (χ0n) is 11.9. The van der Waals surface area contributed by atoms with Crippen molar-refractivity contribution in [3.8, 4) is 0 Å². The quantitative estimate of drug-likeness (QED) is 0.854. The molecule has 2 aromatic carbocycles. The summed E-state index contributed by atoms with van der Waals surface area (Å²) in [5, 5.41) is 0. The second-order valence-electron chi connectivity index (χ2n) is 4.68. The Morgan fingerprint density at radius 1 is 0.952 bits per heavy atom. The van der Waals surface area contributed by atoms with Crippen LogP contribution in [0, 0.1) is 0 Å². The molecule has 1 N–H and O–H groups in total. The summed E-state index contributed by atoms with van der Waals surface area (Å²) in [6, 6.07) is 18.7. The van der Waals surface area contributed by atoms with E-state index in [0.29, 0.717) is 0 Å². The maximum absolute atomic E-state index is 12.2. The number of hydrogen-bond donors (Lipinski definition) is 1. The fraction of sp³-hybridized carbons (Fsp3) is 0.250. The molecule has 2 aromatic rings. The molecule has 0 aliphatic carbocycles. The molecule has 0 radical (unpaired) electrons. The van der Waals surface area contributed by atoms with Crippen LogP contribution in [0.5, 0.6) is 0 Å². The van der Waals surface area contributed by atoms with Crippen molar-refractivity contribution in [2.75, 3.05) is 19.5 Å². The van der Waals surface area contributed by atoms with Crippen LogP contribution in [0.15, 0.2) is 60.7 Å². The SMILES string of the molecule is COCCS(=O)(=O)NC(c1ccccc1)c1ccccc1. The van der Waals surface area contributed by atoms with Gasteiger partial charge >= 0.3 is 0 Å². The van der Waals surface area contributed by atoms with Crippen LogP contribution in [-0.4, -0.2) is 27.9 Å². The molecule has 0 unspecified atom stereocenters. The molecule has 4 nitrogen and oxygen atoms in total. The molecule has 5 heteroatoms. The lowest BCUT2D eigenvalue weighted by molar-refractivity contribution is 0.217. The van der Waals surface area contributed by atoms with E-state index in [4.69, 9.17) is 4.74 Å². The predicted molar refractivity (Wildman–Crippen MR) is 83.5 cm³/mol. The molecule has 21 heavy (non-hydrogen) atoms. The van der Waals surface area contributed by atoms with Crippen molar-refractivity contribution in [1.82, 2.24) is 4.72 Å². The van der Waals surface area contributed by atoms with Gasteiger partial charge in [-0.15, -0.1) is 0 Å². The minimum Gasteiger partial charge on any atom is -0.384 e. The molecule has 0 fully saturated rings. The fourth-order valence-corrected chi connectivity index (χ4v) is 3.19. The summed E-state index contributed by atoms with van der Waals surface area (Å²) >= 11 is 0. The standard InChI is InChI=1S/C16H19NO3S/c1-20-12-13-21(18,19)17-16(14-8-4-2-5-9-14)15-10-6-3-7-11-15/h2-11,16-17H,12-13H2,1H3. The van der Waals surface area contributed by atoms with Crippen LogP contribution in [0.2, 0.25) is 0 Å². The van der Waals surface area contributed by atoms with Crippen molar-refractivity contribution in [3.05, 3.63) is 71.8 Å². The normalized spacial score (nSPS) is 11.7. The van der Waals surface area contributed by atoms with Crippen LogP contribution in [-0.2, 0) is 14.8 Å². The van der Waals surface area contributed by atoms with Crippen LogP contribution in [0.3, 0.4) is 0 Å². The Hall–Kier alpha value is -1.69. The summed E-state index contributed by atoms with van der Waals surface area (Å²) in [6.07, 6.45) is 0. The first-order chi connectivity index (χ1) is 10.1. The highest BCUT2D eigenvalue weighted by molar-refractivity contribution is 7.89. The zero-order valence-corrected chi connectivity index (χ0v) is 12.7. The maximum atomic E-state index is 12.2. The average molecular weight is 305 g/mol. The number of methoxy groups -OCH3 is 1. The molecule has 0 aromatic heterocycles. The molecule has 0 atom stereocenters. The molecule has 2 rings (SSSR count). The maximum Gasteiger partial charge on any atom is 0.214 e.